The van der Waals surface area contributed by atoms with Gasteiger partial charge in [-0.1, -0.05) is 12.1 Å². The summed E-state index contributed by atoms with van der Waals surface area (Å²) in [5.41, 5.74) is 1.62. The van der Waals surface area contributed by atoms with E-state index in [0.29, 0.717) is 34.9 Å². The van der Waals surface area contributed by atoms with Gasteiger partial charge in [0.2, 0.25) is 0 Å². The van der Waals surface area contributed by atoms with Crippen LogP contribution in [0.5, 0.6) is 0 Å². The van der Waals surface area contributed by atoms with Gasteiger partial charge in [-0.15, -0.1) is 11.3 Å². The summed E-state index contributed by atoms with van der Waals surface area (Å²) in [7, 11) is 1.67. The van der Waals surface area contributed by atoms with Crippen LogP contribution in [0.25, 0.3) is 21.5 Å². The van der Waals surface area contributed by atoms with E-state index in [0.717, 1.165) is 35.9 Å². The molecule has 2 aromatic carbocycles. The Morgan fingerprint density at radius 2 is 1.85 bits per heavy atom. The molecule has 5 rings (SSSR count). The Balaban J connectivity index is 1.47. The van der Waals surface area contributed by atoms with E-state index >= 15 is 0 Å². The van der Waals surface area contributed by atoms with Crippen LogP contribution in [0.15, 0.2) is 36.4 Å². The van der Waals surface area contributed by atoms with E-state index in [4.69, 9.17) is 0 Å². The summed E-state index contributed by atoms with van der Waals surface area (Å²) in [4.78, 5) is 25.3. The van der Waals surface area contributed by atoms with Crippen molar-refractivity contribution in [2.45, 2.75) is 38.6 Å². The molecule has 5 nitrogen and oxygen atoms in total. The number of aromatic nitrogens is 3. The molecule has 0 aliphatic carbocycles. The molecule has 1 fully saturated rings. The number of fused-ring (bicyclic) bond motifs is 1. The monoisotopic (exact) mass is 484 g/mol. The smallest absolute Gasteiger partial charge is 0.274 e. The second-order valence-corrected chi connectivity index (χ2v) is 9.79. The van der Waals surface area contributed by atoms with Gasteiger partial charge in [-0.05, 0) is 56.0 Å². The van der Waals surface area contributed by atoms with Gasteiger partial charge < -0.3 is 9.47 Å². The SMILES string of the molecule is Cc1nc(C(=O)N2CCCCC2Cc2nc3ccc(F)c(F)c3n2C)c(-c2ccc(F)cc2)s1. The highest BCUT2D eigenvalue weighted by atomic mass is 32.1. The van der Waals surface area contributed by atoms with E-state index in [-0.39, 0.29) is 23.3 Å². The molecule has 4 aromatic rings. The van der Waals surface area contributed by atoms with E-state index in [1.807, 2.05) is 11.8 Å². The second kappa shape index (κ2) is 8.87. The highest BCUT2D eigenvalue weighted by molar-refractivity contribution is 7.15. The summed E-state index contributed by atoms with van der Waals surface area (Å²) in [6.45, 7) is 2.42. The van der Waals surface area contributed by atoms with Gasteiger partial charge in [-0.3, -0.25) is 4.79 Å². The molecule has 0 N–H and O–H groups in total. The number of hydrogen-bond donors (Lipinski definition) is 0. The van der Waals surface area contributed by atoms with E-state index < -0.39 is 11.6 Å². The van der Waals surface area contributed by atoms with Crippen molar-refractivity contribution in [3.05, 3.63) is 70.4 Å². The molecule has 9 heteroatoms. The van der Waals surface area contributed by atoms with E-state index in [2.05, 4.69) is 9.97 Å². The van der Waals surface area contributed by atoms with Gasteiger partial charge in [-0.2, -0.15) is 0 Å². The number of halogens is 3. The molecular formula is C25H23F3N4OS. The van der Waals surface area contributed by atoms with Gasteiger partial charge in [0, 0.05) is 26.1 Å². The fourth-order valence-corrected chi connectivity index (χ4v) is 5.58. The summed E-state index contributed by atoms with van der Waals surface area (Å²) in [5, 5.41) is 0.754. The third kappa shape index (κ3) is 3.98. The highest BCUT2D eigenvalue weighted by Gasteiger charge is 2.32. The molecule has 1 unspecified atom stereocenters. The summed E-state index contributed by atoms with van der Waals surface area (Å²) >= 11 is 1.40. The first-order chi connectivity index (χ1) is 16.3. The van der Waals surface area contributed by atoms with Crippen molar-refractivity contribution in [2.75, 3.05) is 6.54 Å². The molecule has 1 atom stereocenters. The van der Waals surface area contributed by atoms with Crippen molar-refractivity contribution in [3.8, 4) is 10.4 Å². The molecule has 0 spiro atoms. The van der Waals surface area contributed by atoms with Crippen molar-refractivity contribution in [3.63, 3.8) is 0 Å². The third-order valence-corrected chi connectivity index (χ3v) is 7.39. The third-order valence-electron chi connectivity index (χ3n) is 6.37. The van der Waals surface area contributed by atoms with Crippen LogP contribution in [-0.4, -0.2) is 37.9 Å². The summed E-state index contributed by atoms with van der Waals surface area (Å²) < 4.78 is 43.1. The van der Waals surface area contributed by atoms with Crippen LogP contribution in [0.2, 0.25) is 0 Å². The van der Waals surface area contributed by atoms with Crippen molar-refractivity contribution >= 4 is 28.3 Å². The van der Waals surface area contributed by atoms with Crippen LogP contribution in [0.3, 0.4) is 0 Å². The first kappa shape index (κ1) is 22.6. The van der Waals surface area contributed by atoms with Gasteiger partial charge in [0.15, 0.2) is 11.6 Å². The van der Waals surface area contributed by atoms with Gasteiger partial charge in [-0.25, -0.2) is 23.1 Å². The summed E-state index contributed by atoms with van der Waals surface area (Å²) in [6, 6.07) is 8.44. The predicted molar refractivity (Wildman–Crippen MR) is 125 cm³/mol. The lowest BCUT2D eigenvalue weighted by Gasteiger charge is -2.35. The van der Waals surface area contributed by atoms with Crippen LogP contribution < -0.4 is 0 Å². The molecule has 1 aliphatic heterocycles. The minimum Gasteiger partial charge on any atom is -0.334 e. The van der Waals surface area contributed by atoms with Gasteiger partial charge >= 0.3 is 0 Å². The van der Waals surface area contributed by atoms with Crippen molar-refractivity contribution < 1.29 is 18.0 Å². The van der Waals surface area contributed by atoms with Crippen LogP contribution in [0, 0.1) is 24.4 Å². The molecule has 1 saturated heterocycles. The molecule has 34 heavy (non-hydrogen) atoms. The predicted octanol–water partition coefficient (Wildman–Crippen LogP) is 5.66. The maximum absolute atomic E-state index is 14.4. The Hall–Kier alpha value is -3.20. The maximum atomic E-state index is 14.4. The lowest BCUT2D eigenvalue weighted by molar-refractivity contribution is 0.0605. The average Bonchev–Trinajstić information content (AvgIpc) is 3.37. The standard InChI is InChI=1S/C25H23F3N4OS/c1-14-29-22(24(34-14)15-6-8-16(26)9-7-15)25(33)32-12-4-3-5-17(32)13-20-30-19-11-10-18(27)21(28)23(19)31(20)2/h6-11,17H,3-5,12-13H2,1-2H3. The van der Waals surface area contributed by atoms with Gasteiger partial charge in [0.1, 0.15) is 22.9 Å². The molecule has 176 valence electrons. The van der Waals surface area contributed by atoms with Crippen molar-refractivity contribution in [1.29, 1.82) is 0 Å². The van der Waals surface area contributed by atoms with E-state index in [1.165, 1.54) is 29.5 Å². The van der Waals surface area contributed by atoms with Crippen molar-refractivity contribution in [2.24, 2.45) is 7.05 Å². The Morgan fingerprint density at radius 3 is 2.62 bits per heavy atom. The zero-order chi connectivity index (χ0) is 24.0. The number of imidazole rings is 1. The minimum absolute atomic E-state index is 0.123. The largest absolute Gasteiger partial charge is 0.334 e. The van der Waals surface area contributed by atoms with Crippen LogP contribution in [-0.2, 0) is 13.5 Å². The number of carbonyl (C=O) groups excluding carboxylic acids is 1. The number of carbonyl (C=O) groups is 1. The minimum atomic E-state index is -0.919. The summed E-state index contributed by atoms with van der Waals surface area (Å²) in [5.74, 6) is -1.75. The summed E-state index contributed by atoms with van der Waals surface area (Å²) in [6.07, 6.45) is 3.04. The topological polar surface area (TPSA) is 51.0 Å². The zero-order valence-corrected chi connectivity index (χ0v) is 19.6. The number of aryl methyl sites for hydroxylation is 2. The van der Waals surface area contributed by atoms with Gasteiger partial charge in [0.25, 0.3) is 5.91 Å². The average molecular weight is 485 g/mol. The first-order valence-corrected chi connectivity index (χ1v) is 12.0. The number of piperidine rings is 1. The Morgan fingerprint density at radius 1 is 1.09 bits per heavy atom. The number of nitrogens with zero attached hydrogens (tertiary/aromatic N) is 4. The number of hydrogen-bond acceptors (Lipinski definition) is 4. The Kier molecular flexibility index (Phi) is 5.89. The Labute approximate surface area is 198 Å². The van der Waals surface area contributed by atoms with Crippen LogP contribution >= 0.6 is 11.3 Å². The zero-order valence-electron chi connectivity index (χ0n) is 18.8. The molecule has 0 bridgehead atoms. The normalized spacial score (nSPS) is 16.4. The number of thiazole rings is 1. The number of rotatable bonds is 4. The molecule has 1 amide bonds. The van der Waals surface area contributed by atoms with E-state index in [1.54, 1.807) is 23.7 Å². The maximum Gasteiger partial charge on any atom is 0.274 e. The fraction of sp³-hybridized carbons (Fsp3) is 0.320. The molecule has 1 aliphatic rings. The lowest BCUT2D eigenvalue weighted by atomic mass is 9.98. The fourth-order valence-electron chi connectivity index (χ4n) is 4.66. The highest BCUT2D eigenvalue weighted by Crippen LogP contribution is 2.33. The van der Waals surface area contributed by atoms with Gasteiger partial charge in [0.05, 0.1) is 15.4 Å². The number of likely N-dealkylation sites (tertiary alicyclic amines) is 1. The molecular weight excluding hydrogens is 461 g/mol. The second-order valence-electron chi connectivity index (χ2n) is 8.59. The van der Waals surface area contributed by atoms with Crippen LogP contribution in [0.1, 0.15) is 40.6 Å². The Bertz CT molecular complexity index is 1380. The van der Waals surface area contributed by atoms with Crippen molar-refractivity contribution in [1.82, 2.24) is 19.4 Å². The number of benzene rings is 2. The molecule has 3 heterocycles. The molecule has 0 radical (unpaired) electrons. The first-order valence-electron chi connectivity index (χ1n) is 11.2. The molecule has 0 saturated carbocycles. The molecule has 2 aromatic heterocycles. The lowest BCUT2D eigenvalue weighted by Crippen LogP contribution is -2.45. The van der Waals surface area contributed by atoms with E-state index in [9.17, 15) is 18.0 Å². The number of amides is 1. The quantitative estimate of drug-likeness (QED) is 0.376. The van der Waals surface area contributed by atoms with Crippen LogP contribution in [0.4, 0.5) is 13.2 Å².